The Morgan fingerprint density at radius 2 is 2.13 bits per heavy atom. The van der Waals surface area contributed by atoms with Crippen LogP contribution in [0.3, 0.4) is 0 Å². The summed E-state index contributed by atoms with van der Waals surface area (Å²) in [6.45, 7) is 0.698. The number of hydrogen-bond donors (Lipinski definition) is 2. The Bertz CT molecular complexity index is 666. The smallest absolute Gasteiger partial charge is 0.241 e. The molecule has 1 heterocycles. The zero-order valence-electron chi connectivity index (χ0n) is 13.5. The Hall–Kier alpha value is -1.79. The molecule has 0 saturated heterocycles. The number of benzene rings is 1. The van der Waals surface area contributed by atoms with E-state index in [-0.39, 0.29) is 16.7 Å². The van der Waals surface area contributed by atoms with Crippen LogP contribution in [0.4, 0.5) is 0 Å². The molecule has 0 aliphatic heterocycles. The SMILES string of the molecule is CNC(C(=O)NCC1(Sc2ccccc2)CC1)c1cnn(C)c1. The highest BCUT2D eigenvalue weighted by Crippen LogP contribution is 2.51. The molecule has 6 heteroatoms. The molecule has 1 aliphatic rings. The van der Waals surface area contributed by atoms with Crippen LogP contribution in [0.25, 0.3) is 0 Å². The van der Waals surface area contributed by atoms with E-state index in [4.69, 9.17) is 0 Å². The van der Waals surface area contributed by atoms with Crippen molar-refractivity contribution >= 4 is 17.7 Å². The third-order valence-corrected chi connectivity index (χ3v) is 5.57. The number of rotatable bonds is 7. The van der Waals surface area contributed by atoms with Gasteiger partial charge in [0.05, 0.1) is 6.20 Å². The molecule has 23 heavy (non-hydrogen) atoms. The van der Waals surface area contributed by atoms with Gasteiger partial charge in [-0.1, -0.05) is 18.2 Å². The van der Waals surface area contributed by atoms with E-state index in [1.807, 2.05) is 31.1 Å². The molecule has 1 aliphatic carbocycles. The van der Waals surface area contributed by atoms with Gasteiger partial charge in [-0.3, -0.25) is 9.48 Å². The molecule has 0 spiro atoms. The van der Waals surface area contributed by atoms with Crippen LogP contribution in [0.2, 0.25) is 0 Å². The lowest BCUT2D eigenvalue weighted by atomic mass is 10.1. The first-order valence-corrected chi connectivity index (χ1v) is 8.61. The van der Waals surface area contributed by atoms with Crippen molar-refractivity contribution in [3.8, 4) is 0 Å². The van der Waals surface area contributed by atoms with Crippen LogP contribution in [0, 0.1) is 0 Å². The van der Waals surface area contributed by atoms with E-state index in [2.05, 4.69) is 40.0 Å². The number of nitrogens with one attached hydrogen (secondary N) is 2. The van der Waals surface area contributed by atoms with Gasteiger partial charge in [-0.2, -0.15) is 5.10 Å². The highest BCUT2D eigenvalue weighted by Gasteiger charge is 2.44. The maximum atomic E-state index is 12.5. The Kier molecular flexibility index (Phi) is 4.73. The molecule has 0 bridgehead atoms. The van der Waals surface area contributed by atoms with Crippen molar-refractivity contribution in [2.75, 3.05) is 13.6 Å². The zero-order chi connectivity index (χ0) is 16.3. The number of nitrogens with zero attached hydrogens (tertiary/aromatic N) is 2. The van der Waals surface area contributed by atoms with E-state index < -0.39 is 0 Å². The highest BCUT2D eigenvalue weighted by molar-refractivity contribution is 8.01. The van der Waals surface area contributed by atoms with Crippen LogP contribution >= 0.6 is 11.8 Å². The molecule has 1 fully saturated rings. The first-order valence-electron chi connectivity index (χ1n) is 7.79. The lowest BCUT2D eigenvalue weighted by molar-refractivity contribution is -0.123. The second kappa shape index (κ2) is 6.76. The number of aromatic nitrogens is 2. The quantitative estimate of drug-likeness (QED) is 0.816. The molecule has 1 unspecified atom stereocenters. The Morgan fingerprint density at radius 3 is 2.70 bits per heavy atom. The van der Waals surface area contributed by atoms with Gasteiger partial charge in [0.1, 0.15) is 6.04 Å². The number of aryl methyl sites for hydroxylation is 1. The first kappa shape index (κ1) is 16.1. The summed E-state index contributed by atoms with van der Waals surface area (Å²) in [4.78, 5) is 13.8. The maximum absolute atomic E-state index is 12.5. The van der Waals surface area contributed by atoms with Gasteiger partial charge < -0.3 is 10.6 Å². The van der Waals surface area contributed by atoms with Crippen molar-refractivity contribution in [3.63, 3.8) is 0 Å². The van der Waals surface area contributed by atoms with Gasteiger partial charge in [0.25, 0.3) is 0 Å². The van der Waals surface area contributed by atoms with Gasteiger partial charge >= 0.3 is 0 Å². The minimum absolute atomic E-state index is 0.000404. The van der Waals surface area contributed by atoms with Crippen LogP contribution in [-0.2, 0) is 11.8 Å². The van der Waals surface area contributed by atoms with E-state index in [0.29, 0.717) is 6.54 Å². The monoisotopic (exact) mass is 330 g/mol. The summed E-state index contributed by atoms with van der Waals surface area (Å²) in [6.07, 6.45) is 5.88. The van der Waals surface area contributed by atoms with Gasteiger partial charge in [-0.15, -0.1) is 11.8 Å². The van der Waals surface area contributed by atoms with Gasteiger partial charge in [0.15, 0.2) is 0 Å². The Morgan fingerprint density at radius 1 is 1.39 bits per heavy atom. The second-order valence-corrected chi connectivity index (χ2v) is 7.53. The fourth-order valence-electron chi connectivity index (χ4n) is 2.58. The van der Waals surface area contributed by atoms with Crippen LogP contribution < -0.4 is 10.6 Å². The lowest BCUT2D eigenvalue weighted by Gasteiger charge is -2.19. The molecular formula is C17H22N4OS. The van der Waals surface area contributed by atoms with Crippen molar-refractivity contribution in [2.45, 2.75) is 28.5 Å². The molecule has 0 radical (unpaired) electrons. The number of carbonyl (C=O) groups excluding carboxylic acids is 1. The maximum Gasteiger partial charge on any atom is 0.241 e. The number of amides is 1. The second-order valence-electron chi connectivity index (χ2n) is 5.98. The summed E-state index contributed by atoms with van der Waals surface area (Å²) in [7, 11) is 3.65. The largest absolute Gasteiger partial charge is 0.353 e. The fourth-order valence-corrected chi connectivity index (χ4v) is 3.83. The number of likely N-dealkylation sites (N-methyl/N-ethyl adjacent to an activating group) is 1. The van der Waals surface area contributed by atoms with Crippen LogP contribution in [0.15, 0.2) is 47.6 Å². The van der Waals surface area contributed by atoms with Gasteiger partial charge in [0, 0.05) is 35.0 Å². The topological polar surface area (TPSA) is 59.0 Å². The fraction of sp³-hybridized carbons (Fsp3) is 0.412. The van der Waals surface area contributed by atoms with Crippen LogP contribution in [0.5, 0.6) is 0 Å². The predicted octanol–water partition coefficient (Wildman–Crippen LogP) is 2.12. The average Bonchev–Trinajstić information content (AvgIpc) is 3.19. The summed E-state index contributed by atoms with van der Waals surface area (Å²) >= 11 is 1.87. The third-order valence-electron chi connectivity index (χ3n) is 4.08. The molecule has 2 aromatic rings. The molecule has 5 nitrogen and oxygen atoms in total. The third kappa shape index (κ3) is 3.95. The average molecular weight is 330 g/mol. The minimum atomic E-state index is -0.360. The van der Waals surface area contributed by atoms with Gasteiger partial charge in [0.2, 0.25) is 5.91 Å². The standard InChI is InChI=1S/C17H22N4OS/c1-18-15(13-10-20-21(2)11-13)16(22)19-12-17(8-9-17)23-14-6-4-3-5-7-14/h3-7,10-11,15,18H,8-9,12H2,1-2H3,(H,19,22). The summed E-state index contributed by atoms with van der Waals surface area (Å²) in [6, 6.07) is 10.0. The van der Waals surface area contributed by atoms with E-state index in [1.165, 1.54) is 4.90 Å². The van der Waals surface area contributed by atoms with E-state index in [9.17, 15) is 4.79 Å². The highest BCUT2D eigenvalue weighted by atomic mass is 32.2. The first-order chi connectivity index (χ1) is 11.1. The molecule has 3 rings (SSSR count). The van der Waals surface area contributed by atoms with E-state index in [0.717, 1.165) is 18.4 Å². The van der Waals surface area contributed by atoms with Crippen molar-refractivity contribution in [1.82, 2.24) is 20.4 Å². The van der Waals surface area contributed by atoms with Crippen molar-refractivity contribution in [3.05, 3.63) is 48.3 Å². The molecule has 1 aromatic carbocycles. The number of hydrogen-bond acceptors (Lipinski definition) is 4. The summed E-state index contributed by atoms with van der Waals surface area (Å²) in [5, 5.41) is 10.3. The van der Waals surface area contributed by atoms with Gasteiger partial charge in [-0.25, -0.2) is 0 Å². The van der Waals surface area contributed by atoms with E-state index >= 15 is 0 Å². The Labute approximate surface area is 140 Å². The van der Waals surface area contributed by atoms with Crippen LogP contribution in [0.1, 0.15) is 24.4 Å². The number of carbonyl (C=O) groups is 1. The summed E-state index contributed by atoms with van der Waals surface area (Å²) < 4.78 is 1.87. The molecule has 1 amide bonds. The van der Waals surface area contributed by atoms with Crippen molar-refractivity contribution < 1.29 is 4.79 Å². The van der Waals surface area contributed by atoms with Crippen molar-refractivity contribution in [2.24, 2.45) is 7.05 Å². The van der Waals surface area contributed by atoms with Crippen LogP contribution in [-0.4, -0.2) is 34.0 Å². The normalized spacial score (nSPS) is 16.8. The minimum Gasteiger partial charge on any atom is -0.353 e. The molecule has 1 aromatic heterocycles. The molecule has 122 valence electrons. The number of thioether (sulfide) groups is 1. The lowest BCUT2D eigenvalue weighted by Crippen LogP contribution is -2.39. The molecule has 2 N–H and O–H groups in total. The Balaban J connectivity index is 1.58. The predicted molar refractivity (Wildman–Crippen MR) is 92.3 cm³/mol. The summed E-state index contributed by atoms with van der Waals surface area (Å²) in [5.41, 5.74) is 0.882. The summed E-state index contributed by atoms with van der Waals surface area (Å²) in [5.74, 6) is 0.000404. The molecule has 1 atom stereocenters. The molecular weight excluding hydrogens is 308 g/mol. The van der Waals surface area contributed by atoms with Crippen molar-refractivity contribution in [1.29, 1.82) is 0 Å². The molecule has 1 saturated carbocycles. The van der Waals surface area contributed by atoms with E-state index in [1.54, 1.807) is 17.9 Å². The van der Waals surface area contributed by atoms with Gasteiger partial charge in [-0.05, 0) is 32.0 Å². The zero-order valence-corrected chi connectivity index (χ0v) is 14.3.